The van der Waals surface area contributed by atoms with E-state index in [1.165, 1.54) is 18.3 Å². The van der Waals surface area contributed by atoms with Crippen molar-refractivity contribution in [1.82, 2.24) is 19.3 Å². The molecule has 34 heavy (non-hydrogen) atoms. The molecule has 11 heteroatoms. The summed E-state index contributed by atoms with van der Waals surface area (Å²) in [5, 5.41) is 8.17. The molecule has 0 unspecified atom stereocenters. The summed E-state index contributed by atoms with van der Waals surface area (Å²) < 4.78 is 42.6. The summed E-state index contributed by atoms with van der Waals surface area (Å²) in [6.45, 7) is 2.42. The molecular formula is C23H22BClFN5O2S. The third-order valence-electron chi connectivity index (χ3n) is 5.29. The molecule has 2 aromatic heterocycles. The maximum absolute atomic E-state index is 13.5. The van der Waals surface area contributed by atoms with Gasteiger partial charge in [-0.15, -0.1) is 0 Å². The average molecular weight is 498 g/mol. The summed E-state index contributed by atoms with van der Waals surface area (Å²) >= 11 is 6.35. The minimum Gasteiger partial charge on any atom is -0.370 e. The van der Waals surface area contributed by atoms with Gasteiger partial charge >= 0.3 is 0 Å². The number of sulfonamides is 1. The van der Waals surface area contributed by atoms with Crippen molar-refractivity contribution in [2.75, 3.05) is 18.4 Å². The largest absolute Gasteiger partial charge is 0.370 e. The number of aromatic nitrogens is 3. The fraction of sp³-hybridized carbons (Fsp3) is 0.217. The van der Waals surface area contributed by atoms with Gasteiger partial charge in [0.1, 0.15) is 19.5 Å². The molecule has 0 spiro atoms. The van der Waals surface area contributed by atoms with Crippen LogP contribution in [0.25, 0.3) is 16.9 Å². The number of hydrogen-bond donors (Lipinski definition) is 2. The number of unbranched alkanes of at least 4 members (excludes halogenated alkanes) is 1. The molecule has 4 aromatic rings. The third kappa shape index (κ3) is 5.24. The van der Waals surface area contributed by atoms with Crippen LogP contribution in [0.15, 0.2) is 59.6 Å². The zero-order chi connectivity index (χ0) is 24.3. The zero-order valence-electron chi connectivity index (χ0n) is 18.4. The summed E-state index contributed by atoms with van der Waals surface area (Å²) in [5.41, 5.74) is 2.88. The number of rotatable bonds is 9. The first-order valence-electron chi connectivity index (χ1n) is 10.6. The number of nitrogens with one attached hydrogen (secondary N) is 2. The topological polar surface area (TPSA) is 88.4 Å². The molecule has 4 rings (SSSR count). The van der Waals surface area contributed by atoms with Crippen LogP contribution in [-0.2, 0) is 10.0 Å². The summed E-state index contributed by atoms with van der Waals surface area (Å²) in [6.07, 6.45) is 2.78. The maximum Gasteiger partial charge on any atom is 0.240 e. The molecule has 0 aliphatic heterocycles. The van der Waals surface area contributed by atoms with Gasteiger partial charge < -0.3 is 5.32 Å². The summed E-state index contributed by atoms with van der Waals surface area (Å²) in [6, 6.07) is 13.0. The summed E-state index contributed by atoms with van der Waals surface area (Å²) in [4.78, 5) is 4.55. The highest BCUT2D eigenvalue weighted by Gasteiger charge is 2.17. The molecule has 2 N–H and O–H groups in total. The Hall–Kier alpha value is -2.95. The van der Waals surface area contributed by atoms with Crippen LogP contribution in [0.5, 0.6) is 0 Å². The molecule has 0 saturated carbocycles. The van der Waals surface area contributed by atoms with E-state index in [2.05, 4.69) is 20.1 Å². The SMILES string of the molecule is [B]c1cnn2c(NCCCCNS(=O)(=O)c3cc(F)ccc3C)cc(-c3ccccc3Cl)nc12. The molecule has 0 fully saturated rings. The van der Waals surface area contributed by atoms with E-state index in [4.69, 9.17) is 19.4 Å². The Morgan fingerprint density at radius 2 is 1.88 bits per heavy atom. The Balaban J connectivity index is 1.39. The van der Waals surface area contributed by atoms with Crippen molar-refractivity contribution in [3.8, 4) is 11.3 Å². The average Bonchev–Trinajstić information content (AvgIpc) is 3.18. The highest BCUT2D eigenvalue weighted by Crippen LogP contribution is 2.28. The van der Waals surface area contributed by atoms with Crippen LogP contribution in [-0.4, -0.2) is 44.0 Å². The molecule has 0 atom stereocenters. The second kappa shape index (κ2) is 10.1. The molecule has 0 amide bonds. The van der Waals surface area contributed by atoms with Crippen molar-refractivity contribution in [3.63, 3.8) is 0 Å². The number of halogens is 2. The second-order valence-electron chi connectivity index (χ2n) is 7.78. The number of nitrogens with zero attached hydrogens (tertiary/aromatic N) is 3. The molecule has 0 aliphatic rings. The summed E-state index contributed by atoms with van der Waals surface area (Å²) in [7, 11) is 2.26. The maximum atomic E-state index is 13.5. The molecule has 0 bridgehead atoms. The molecule has 0 saturated heterocycles. The van der Waals surface area contributed by atoms with Crippen molar-refractivity contribution >= 4 is 46.4 Å². The first kappa shape index (κ1) is 24.2. The highest BCUT2D eigenvalue weighted by molar-refractivity contribution is 7.89. The van der Waals surface area contributed by atoms with Gasteiger partial charge in [-0.05, 0) is 49.0 Å². The van der Waals surface area contributed by atoms with E-state index in [-0.39, 0.29) is 11.4 Å². The fourth-order valence-corrected chi connectivity index (χ4v) is 5.09. The molecule has 2 heterocycles. The van der Waals surface area contributed by atoms with Crippen LogP contribution in [0.1, 0.15) is 18.4 Å². The molecular weight excluding hydrogens is 476 g/mol. The summed E-state index contributed by atoms with van der Waals surface area (Å²) in [5.74, 6) is 0.0989. The Labute approximate surface area is 203 Å². The van der Waals surface area contributed by atoms with Gasteiger partial charge in [0.05, 0.1) is 10.6 Å². The Morgan fingerprint density at radius 1 is 1.12 bits per heavy atom. The number of benzene rings is 2. The van der Waals surface area contributed by atoms with Crippen LogP contribution in [0.4, 0.5) is 10.2 Å². The lowest BCUT2D eigenvalue weighted by Crippen LogP contribution is -2.26. The van der Waals surface area contributed by atoms with Crippen LogP contribution in [0.2, 0.25) is 5.02 Å². The lowest BCUT2D eigenvalue weighted by Gasteiger charge is -2.12. The van der Waals surface area contributed by atoms with Gasteiger partial charge in [-0.1, -0.05) is 35.9 Å². The zero-order valence-corrected chi connectivity index (χ0v) is 20.0. The Kier molecular flexibility index (Phi) is 7.20. The van der Waals surface area contributed by atoms with Crippen LogP contribution in [0.3, 0.4) is 0 Å². The van der Waals surface area contributed by atoms with Gasteiger partial charge in [0.2, 0.25) is 10.0 Å². The standard InChI is InChI=1S/C23H22BClFN5O2S/c1-15-8-9-16(26)12-21(15)34(32,33)29-11-5-4-10-27-22-13-20(17-6-2-3-7-19(17)25)30-23-18(24)14-28-31(22)23/h2-3,6-9,12-14,27,29H,4-5,10-11H2,1H3. The molecule has 2 aromatic carbocycles. The van der Waals surface area contributed by atoms with E-state index >= 15 is 0 Å². The third-order valence-corrected chi connectivity index (χ3v) is 7.22. The van der Waals surface area contributed by atoms with Gasteiger partial charge in [-0.25, -0.2) is 22.5 Å². The minimum absolute atomic E-state index is 0.0480. The highest BCUT2D eigenvalue weighted by atomic mass is 35.5. The van der Waals surface area contributed by atoms with E-state index in [1.54, 1.807) is 17.5 Å². The minimum atomic E-state index is -3.78. The molecule has 7 nitrogen and oxygen atoms in total. The van der Waals surface area contributed by atoms with E-state index in [0.29, 0.717) is 52.6 Å². The molecule has 2 radical (unpaired) electrons. The monoisotopic (exact) mass is 497 g/mol. The van der Waals surface area contributed by atoms with Gasteiger partial charge in [-0.3, -0.25) is 0 Å². The fourth-order valence-electron chi connectivity index (χ4n) is 3.53. The lowest BCUT2D eigenvalue weighted by atomic mass is 10.0. The van der Waals surface area contributed by atoms with Crippen LogP contribution in [0, 0.1) is 12.7 Å². The predicted octanol–water partition coefficient (Wildman–Crippen LogP) is 3.46. The second-order valence-corrected chi connectivity index (χ2v) is 9.93. The van der Waals surface area contributed by atoms with Crippen molar-refractivity contribution in [1.29, 1.82) is 0 Å². The molecule has 174 valence electrons. The lowest BCUT2D eigenvalue weighted by molar-refractivity contribution is 0.573. The first-order valence-corrected chi connectivity index (χ1v) is 12.5. The number of aryl methyl sites for hydroxylation is 1. The van der Waals surface area contributed by atoms with Crippen molar-refractivity contribution in [2.45, 2.75) is 24.7 Å². The predicted molar refractivity (Wildman–Crippen MR) is 133 cm³/mol. The smallest absolute Gasteiger partial charge is 0.240 e. The number of anilines is 1. The van der Waals surface area contributed by atoms with Crippen molar-refractivity contribution < 1.29 is 12.8 Å². The Morgan fingerprint density at radius 3 is 2.68 bits per heavy atom. The van der Waals surface area contributed by atoms with Gasteiger partial charge in [0.25, 0.3) is 0 Å². The number of hydrogen-bond acceptors (Lipinski definition) is 5. The Bertz CT molecular complexity index is 1440. The quantitative estimate of drug-likeness (QED) is 0.273. The van der Waals surface area contributed by atoms with Crippen LogP contribution < -0.4 is 15.5 Å². The van der Waals surface area contributed by atoms with Crippen molar-refractivity contribution in [3.05, 3.63) is 71.1 Å². The molecule has 0 aliphatic carbocycles. The van der Waals surface area contributed by atoms with Crippen LogP contribution >= 0.6 is 11.6 Å². The van der Waals surface area contributed by atoms with Gasteiger partial charge in [-0.2, -0.15) is 9.61 Å². The van der Waals surface area contributed by atoms with E-state index in [0.717, 1.165) is 11.6 Å². The first-order chi connectivity index (χ1) is 16.3. The van der Waals surface area contributed by atoms with E-state index < -0.39 is 15.8 Å². The van der Waals surface area contributed by atoms with Gasteiger partial charge in [0, 0.05) is 35.9 Å². The van der Waals surface area contributed by atoms with Gasteiger partial charge in [0.15, 0.2) is 5.65 Å². The van der Waals surface area contributed by atoms with E-state index in [9.17, 15) is 12.8 Å². The van der Waals surface area contributed by atoms with E-state index in [1.807, 2.05) is 24.3 Å². The number of fused-ring (bicyclic) bond motifs is 1. The van der Waals surface area contributed by atoms with Crippen molar-refractivity contribution in [2.24, 2.45) is 0 Å². The normalized spacial score (nSPS) is 11.7.